The van der Waals surface area contributed by atoms with Crippen molar-refractivity contribution in [2.24, 2.45) is 0 Å². The van der Waals surface area contributed by atoms with Crippen molar-refractivity contribution in [2.45, 2.75) is 50.8 Å². The lowest BCUT2D eigenvalue weighted by atomic mass is 9.98. The molecule has 6 heteroatoms. The van der Waals surface area contributed by atoms with Crippen molar-refractivity contribution in [2.75, 3.05) is 26.9 Å². The van der Waals surface area contributed by atoms with Gasteiger partial charge in [-0.25, -0.2) is 0 Å². The minimum atomic E-state index is -0.691. The number of hydrogen-bond acceptors (Lipinski definition) is 6. The molecule has 0 aliphatic carbocycles. The molecule has 0 aromatic heterocycles. The quantitative estimate of drug-likeness (QED) is 0.327. The van der Waals surface area contributed by atoms with Crippen LogP contribution in [0.2, 0.25) is 0 Å². The molecule has 1 aliphatic rings. The van der Waals surface area contributed by atoms with E-state index in [2.05, 4.69) is 12.5 Å². The Morgan fingerprint density at radius 1 is 0.912 bits per heavy atom. The summed E-state index contributed by atoms with van der Waals surface area (Å²) in [4.78, 5) is 0. The number of terminal acetylenes is 1. The van der Waals surface area contributed by atoms with E-state index < -0.39 is 30.7 Å². The molecule has 1 saturated heterocycles. The summed E-state index contributed by atoms with van der Waals surface area (Å²) in [5.41, 5.74) is 3.00. The van der Waals surface area contributed by atoms with Crippen LogP contribution in [-0.4, -0.2) is 57.6 Å². The normalized spacial score (nSPS) is 24.4. The van der Waals surface area contributed by atoms with Crippen LogP contribution in [0, 0.1) is 12.3 Å². The second-order valence-electron chi connectivity index (χ2n) is 8.25. The summed E-state index contributed by atoms with van der Waals surface area (Å²) in [7, 11) is 1.57. The van der Waals surface area contributed by atoms with E-state index in [4.69, 9.17) is 34.8 Å². The van der Waals surface area contributed by atoms with Gasteiger partial charge < -0.3 is 28.4 Å². The first-order valence-electron chi connectivity index (χ1n) is 11.4. The Balaban J connectivity index is 1.84. The van der Waals surface area contributed by atoms with Gasteiger partial charge in [-0.1, -0.05) is 78.7 Å². The zero-order valence-electron chi connectivity index (χ0n) is 19.9. The maximum atomic E-state index is 6.42. The Bertz CT molecular complexity index is 894. The molecule has 2 aromatic rings. The SMILES string of the molecule is C#CCOC1C(OCc2ccccc2)[C@H](OCc2ccccc2)C(COCC(=C)C)O[C@@H]1OC. The van der Waals surface area contributed by atoms with Gasteiger partial charge in [0.2, 0.25) is 0 Å². The Hall–Kier alpha value is -2.50. The summed E-state index contributed by atoms with van der Waals surface area (Å²) in [6.07, 6.45) is 2.77. The molecule has 1 aliphatic heterocycles. The highest BCUT2D eigenvalue weighted by Crippen LogP contribution is 2.30. The second kappa shape index (κ2) is 14.0. The van der Waals surface area contributed by atoms with Crippen LogP contribution >= 0.6 is 0 Å². The number of ether oxygens (including phenoxy) is 6. The van der Waals surface area contributed by atoms with E-state index in [0.717, 1.165) is 16.7 Å². The van der Waals surface area contributed by atoms with E-state index in [1.807, 2.05) is 67.6 Å². The Kier molecular flexibility index (Phi) is 10.8. The van der Waals surface area contributed by atoms with E-state index in [1.54, 1.807) is 7.11 Å². The average Bonchev–Trinajstić information content (AvgIpc) is 2.86. The molecule has 1 heterocycles. The van der Waals surface area contributed by atoms with Gasteiger partial charge in [-0.05, 0) is 18.1 Å². The van der Waals surface area contributed by atoms with Gasteiger partial charge in [-0.2, -0.15) is 0 Å². The minimum absolute atomic E-state index is 0.0985. The number of benzene rings is 2. The van der Waals surface area contributed by atoms with Crippen molar-refractivity contribution in [3.05, 3.63) is 83.9 Å². The predicted octanol–water partition coefficient (Wildman–Crippen LogP) is 4.14. The number of rotatable bonds is 13. The smallest absolute Gasteiger partial charge is 0.186 e. The van der Waals surface area contributed by atoms with Crippen LogP contribution in [0.5, 0.6) is 0 Å². The molecule has 0 N–H and O–H groups in total. The highest BCUT2D eigenvalue weighted by molar-refractivity contribution is 5.14. The molecule has 5 atom stereocenters. The van der Waals surface area contributed by atoms with Gasteiger partial charge in [-0.15, -0.1) is 6.42 Å². The standard InChI is InChI=1S/C28H34O6/c1-5-16-31-27-26(33-19-23-14-10-7-11-15-23)25(32-18-22-12-8-6-9-13-22)24(34-28(27)29-4)20-30-17-21(2)3/h1,6-15,24-28H,2,16-20H2,3-4H3/t24?,25-,26?,27?,28+/m1/s1. The largest absolute Gasteiger partial charge is 0.374 e. The molecule has 6 nitrogen and oxygen atoms in total. The number of methoxy groups -OCH3 is 1. The summed E-state index contributed by atoms with van der Waals surface area (Å²) in [5, 5.41) is 0. The van der Waals surface area contributed by atoms with Crippen LogP contribution in [0.3, 0.4) is 0 Å². The van der Waals surface area contributed by atoms with Crippen molar-refractivity contribution in [1.29, 1.82) is 0 Å². The third kappa shape index (κ3) is 7.78. The van der Waals surface area contributed by atoms with Crippen molar-refractivity contribution in [1.82, 2.24) is 0 Å². The van der Waals surface area contributed by atoms with Crippen LogP contribution < -0.4 is 0 Å². The highest BCUT2D eigenvalue weighted by atomic mass is 16.7. The van der Waals surface area contributed by atoms with E-state index in [9.17, 15) is 0 Å². The topological polar surface area (TPSA) is 55.4 Å². The first-order valence-corrected chi connectivity index (χ1v) is 11.4. The number of hydrogen-bond donors (Lipinski definition) is 0. The molecule has 2 aromatic carbocycles. The van der Waals surface area contributed by atoms with Crippen LogP contribution in [0.15, 0.2) is 72.8 Å². The van der Waals surface area contributed by atoms with Crippen LogP contribution in [0.25, 0.3) is 0 Å². The van der Waals surface area contributed by atoms with Crippen molar-refractivity contribution in [3.8, 4) is 12.3 Å². The lowest BCUT2D eigenvalue weighted by Gasteiger charge is -2.45. The molecule has 0 spiro atoms. The molecule has 34 heavy (non-hydrogen) atoms. The van der Waals surface area contributed by atoms with E-state index >= 15 is 0 Å². The van der Waals surface area contributed by atoms with Crippen LogP contribution in [-0.2, 0) is 41.6 Å². The lowest BCUT2D eigenvalue weighted by molar-refractivity contribution is -0.319. The average molecular weight is 467 g/mol. The Morgan fingerprint density at radius 3 is 2.03 bits per heavy atom. The van der Waals surface area contributed by atoms with Gasteiger partial charge in [0.25, 0.3) is 0 Å². The third-order valence-electron chi connectivity index (χ3n) is 5.38. The zero-order valence-corrected chi connectivity index (χ0v) is 19.9. The molecule has 0 saturated carbocycles. The zero-order chi connectivity index (χ0) is 24.2. The van der Waals surface area contributed by atoms with Crippen LogP contribution in [0.4, 0.5) is 0 Å². The van der Waals surface area contributed by atoms with Crippen molar-refractivity contribution >= 4 is 0 Å². The van der Waals surface area contributed by atoms with E-state index in [1.165, 1.54) is 0 Å². The molecule has 0 radical (unpaired) electrons. The molecule has 0 bridgehead atoms. The summed E-state index contributed by atoms with van der Waals surface area (Å²) in [6, 6.07) is 19.9. The van der Waals surface area contributed by atoms with E-state index in [0.29, 0.717) is 26.4 Å². The van der Waals surface area contributed by atoms with Crippen molar-refractivity contribution in [3.63, 3.8) is 0 Å². The van der Waals surface area contributed by atoms with Crippen molar-refractivity contribution < 1.29 is 28.4 Å². The monoisotopic (exact) mass is 466 g/mol. The molecule has 3 rings (SSSR count). The molecule has 3 unspecified atom stereocenters. The van der Waals surface area contributed by atoms with Gasteiger partial charge in [0.15, 0.2) is 6.29 Å². The summed E-state index contributed by atoms with van der Waals surface area (Å²) in [6.45, 7) is 7.40. The summed E-state index contributed by atoms with van der Waals surface area (Å²) < 4.78 is 36.5. The first-order chi connectivity index (χ1) is 16.6. The fraction of sp³-hybridized carbons (Fsp3) is 0.429. The van der Waals surface area contributed by atoms with Crippen LogP contribution in [0.1, 0.15) is 18.1 Å². The fourth-order valence-electron chi connectivity index (χ4n) is 3.80. The van der Waals surface area contributed by atoms with E-state index in [-0.39, 0.29) is 6.61 Å². The Morgan fingerprint density at radius 2 is 1.50 bits per heavy atom. The third-order valence-corrected chi connectivity index (χ3v) is 5.38. The molecular weight excluding hydrogens is 432 g/mol. The lowest BCUT2D eigenvalue weighted by Crippen LogP contribution is -2.61. The van der Waals surface area contributed by atoms with Gasteiger partial charge in [0.05, 0.1) is 26.4 Å². The van der Waals surface area contributed by atoms with Gasteiger partial charge in [0.1, 0.15) is 31.0 Å². The molecule has 182 valence electrons. The van der Waals surface area contributed by atoms with Gasteiger partial charge >= 0.3 is 0 Å². The van der Waals surface area contributed by atoms with Gasteiger partial charge in [0, 0.05) is 7.11 Å². The second-order valence-corrected chi connectivity index (χ2v) is 8.25. The highest BCUT2D eigenvalue weighted by Gasteiger charge is 2.48. The fourth-order valence-corrected chi connectivity index (χ4v) is 3.80. The molecule has 0 amide bonds. The first kappa shape index (κ1) is 26.1. The summed E-state index contributed by atoms with van der Waals surface area (Å²) >= 11 is 0. The molecule has 1 fully saturated rings. The van der Waals surface area contributed by atoms with Gasteiger partial charge in [-0.3, -0.25) is 0 Å². The summed E-state index contributed by atoms with van der Waals surface area (Å²) in [5.74, 6) is 2.52. The maximum Gasteiger partial charge on any atom is 0.186 e. The minimum Gasteiger partial charge on any atom is -0.374 e. The predicted molar refractivity (Wildman–Crippen MR) is 130 cm³/mol. The maximum absolute atomic E-state index is 6.42. The Labute approximate surface area is 202 Å². The molecular formula is C28H34O6.